The molecule has 0 bridgehead atoms. The summed E-state index contributed by atoms with van der Waals surface area (Å²) in [4.78, 5) is 18.9. The van der Waals surface area contributed by atoms with Crippen molar-refractivity contribution in [3.05, 3.63) is 83.1 Å². The van der Waals surface area contributed by atoms with Gasteiger partial charge in [-0.25, -0.2) is 4.79 Å². The van der Waals surface area contributed by atoms with E-state index in [0.717, 1.165) is 11.1 Å². The minimum absolute atomic E-state index is 0.274. The van der Waals surface area contributed by atoms with Gasteiger partial charge in [0.1, 0.15) is 13.2 Å². The molecule has 0 spiro atoms. The zero-order valence-corrected chi connectivity index (χ0v) is 16.6. The van der Waals surface area contributed by atoms with Crippen LogP contribution in [0.4, 0.5) is 10.5 Å². The molecule has 0 unspecified atom stereocenters. The number of amides is 2. The number of carbonyl (C=O) groups is 1. The summed E-state index contributed by atoms with van der Waals surface area (Å²) in [6.45, 7) is 0.936. The van der Waals surface area contributed by atoms with Gasteiger partial charge in [-0.1, -0.05) is 29.8 Å². The Morgan fingerprint density at radius 1 is 1.03 bits per heavy atom. The maximum atomic E-state index is 13.1. The second kappa shape index (κ2) is 8.41. The fourth-order valence-corrected chi connectivity index (χ4v) is 3.45. The van der Waals surface area contributed by atoms with Crippen LogP contribution < -0.4 is 14.8 Å². The SMILES string of the molecule is CN(C(=O)Nc1cccc2c1OCCO2)[C@@H](c1ccncc1)c1ccc(Cl)cc1. The number of benzene rings is 2. The van der Waals surface area contributed by atoms with Crippen molar-refractivity contribution in [3.63, 3.8) is 0 Å². The van der Waals surface area contributed by atoms with Crippen LogP contribution in [-0.4, -0.2) is 36.2 Å². The van der Waals surface area contributed by atoms with Crippen LogP contribution in [0.2, 0.25) is 5.02 Å². The van der Waals surface area contributed by atoms with Crippen LogP contribution in [0.1, 0.15) is 17.2 Å². The van der Waals surface area contributed by atoms with Gasteiger partial charge in [-0.05, 0) is 47.5 Å². The van der Waals surface area contributed by atoms with Crippen LogP contribution in [0, 0.1) is 0 Å². The molecule has 3 aromatic rings. The number of carbonyl (C=O) groups excluding carboxylic acids is 1. The van der Waals surface area contributed by atoms with E-state index in [1.165, 1.54) is 0 Å². The lowest BCUT2D eigenvalue weighted by Gasteiger charge is -2.30. The molecular weight excluding hydrogens is 390 g/mol. The molecule has 2 amide bonds. The van der Waals surface area contributed by atoms with Crippen molar-refractivity contribution in [2.24, 2.45) is 0 Å². The van der Waals surface area contributed by atoms with Gasteiger partial charge < -0.3 is 19.7 Å². The fraction of sp³-hybridized carbons (Fsp3) is 0.182. The van der Waals surface area contributed by atoms with E-state index in [9.17, 15) is 4.79 Å². The first-order chi connectivity index (χ1) is 14.1. The first kappa shape index (κ1) is 19.1. The van der Waals surface area contributed by atoms with Gasteiger partial charge >= 0.3 is 6.03 Å². The summed E-state index contributed by atoms with van der Waals surface area (Å²) in [5.74, 6) is 1.17. The molecule has 0 fully saturated rings. The number of nitrogens with one attached hydrogen (secondary N) is 1. The van der Waals surface area contributed by atoms with Gasteiger partial charge in [0.2, 0.25) is 0 Å². The van der Waals surface area contributed by atoms with E-state index in [0.29, 0.717) is 35.4 Å². The van der Waals surface area contributed by atoms with Crippen LogP contribution in [0.25, 0.3) is 0 Å². The standard InChI is InChI=1S/C22H20ClN3O3/c1-26(22(27)25-18-3-2-4-19-21(18)29-14-13-28-19)20(16-9-11-24-12-10-16)15-5-7-17(23)8-6-15/h2-12,20H,13-14H2,1H3,(H,25,27)/t20-/m1/s1. The Bertz CT molecular complexity index is 996. The lowest BCUT2D eigenvalue weighted by molar-refractivity contribution is 0.172. The number of fused-ring (bicyclic) bond motifs is 1. The smallest absolute Gasteiger partial charge is 0.322 e. The third-order valence-electron chi connectivity index (χ3n) is 4.72. The summed E-state index contributed by atoms with van der Waals surface area (Å²) in [6.07, 6.45) is 3.42. The summed E-state index contributed by atoms with van der Waals surface area (Å²) in [5.41, 5.74) is 2.45. The molecule has 1 N–H and O–H groups in total. The Morgan fingerprint density at radius 3 is 2.48 bits per heavy atom. The minimum Gasteiger partial charge on any atom is -0.486 e. The van der Waals surface area contributed by atoms with Gasteiger partial charge in [-0.15, -0.1) is 0 Å². The van der Waals surface area contributed by atoms with Crippen LogP contribution in [0.5, 0.6) is 11.5 Å². The summed E-state index contributed by atoms with van der Waals surface area (Å²) < 4.78 is 11.3. The summed E-state index contributed by atoms with van der Waals surface area (Å²) >= 11 is 6.05. The number of para-hydroxylation sites is 1. The van der Waals surface area contributed by atoms with Gasteiger partial charge in [0.25, 0.3) is 0 Å². The van der Waals surface area contributed by atoms with E-state index < -0.39 is 0 Å². The average molecular weight is 410 g/mol. The van der Waals surface area contributed by atoms with Gasteiger partial charge in [0, 0.05) is 24.5 Å². The zero-order valence-electron chi connectivity index (χ0n) is 15.8. The molecule has 0 aliphatic carbocycles. The van der Waals surface area contributed by atoms with Crippen molar-refractivity contribution in [3.8, 4) is 11.5 Å². The third kappa shape index (κ3) is 4.12. The molecule has 6 nitrogen and oxygen atoms in total. The lowest BCUT2D eigenvalue weighted by atomic mass is 9.98. The predicted octanol–water partition coefficient (Wildman–Crippen LogP) is 4.76. The Labute approximate surface area is 174 Å². The molecule has 148 valence electrons. The van der Waals surface area contributed by atoms with E-state index in [2.05, 4.69) is 10.3 Å². The summed E-state index contributed by atoms with van der Waals surface area (Å²) in [6, 6.07) is 16.1. The summed E-state index contributed by atoms with van der Waals surface area (Å²) in [7, 11) is 1.75. The fourth-order valence-electron chi connectivity index (χ4n) is 3.32. The highest BCUT2D eigenvalue weighted by Crippen LogP contribution is 2.38. The lowest BCUT2D eigenvalue weighted by Crippen LogP contribution is -2.35. The number of pyridine rings is 1. The van der Waals surface area contributed by atoms with Crippen LogP contribution >= 0.6 is 11.6 Å². The molecule has 1 aromatic heterocycles. The Morgan fingerprint density at radius 2 is 1.72 bits per heavy atom. The maximum absolute atomic E-state index is 13.1. The highest BCUT2D eigenvalue weighted by Gasteiger charge is 2.25. The topological polar surface area (TPSA) is 63.7 Å². The van der Waals surface area contributed by atoms with E-state index in [-0.39, 0.29) is 12.1 Å². The average Bonchev–Trinajstić information content (AvgIpc) is 2.76. The first-order valence-electron chi connectivity index (χ1n) is 9.21. The molecule has 7 heteroatoms. The highest BCUT2D eigenvalue weighted by atomic mass is 35.5. The highest BCUT2D eigenvalue weighted by molar-refractivity contribution is 6.30. The number of rotatable bonds is 4. The monoisotopic (exact) mass is 409 g/mol. The Hall–Kier alpha value is -3.25. The quantitative estimate of drug-likeness (QED) is 0.674. The Kier molecular flexibility index (Phi) is 5.53. The second-order valence-corrected chi connectivity index (χ2v) is 7.04. The number of nitrogens with zero attached hydrogens (tertiary/aromatic N) is 2. The van der Waals surface area contributed by atoms with Gasteiger partial charge in [0.05, 0.1) is 11.7 Å². The van der Waals surface area contributed by atoms with Crippen LogP contribution in [-0.2, 0) is 0 Å². The van der Waals surface area contributed by atoms with Crippen molar-refractivity contribution in [1.29, 1.82) is 0 Å². The number of hydrogen-bond acceptors (Lipinski definition) is 4. The number of aromatic nitrogens is 1. The molecule has 0 saturated heterocycles. The number of hydrogen-bond donors (Lipinski definition) is 1. The van der Waals surface area contributed by atoms with E-state index >= 15 is 0 Å². The van der Waals surface area contributed by atoms with Crippen molar-refractivity contribution in [2.75, 3.05) is 25.6 Å². The molecule has 0 radical (unpaired) electrons. The molecule has 4 rings (SSSR count). The van der Waals surface area contributed by atoms with E-state index in [1.54, 1.807) is 30.4 Å². The number of anilines is 1. The van der Waals surface area contributed by atoms with Crippen molar-refractivity contribution in [1.82, 2.24) is 9.88 Å². The third-order valence-corrected chi connectivity index (χ3v) is 4.98. The molecule has 2 aromatic carbocycles. The normalized spacial score (nSPS) is 13.4. The number of urea groups is 1. The van der Waals surface area contributed by atoms with Crippen molar-refractivity contribution >= 4 is 23.3 Å². The molecular formula is C22H20ClN3O3. The molecule has 1 aliphatic heterocycles. The molecule has 0 saturated carbocycles. The van der Waals surface area contributed by atoms with Gasteiger partial charge in [0.15, 0.2) is 11.5 Å². The van der Waals surface area contributed by atoms with Crippen molar-refractivity contribution in [2.45, 2.75) is 6.04 Å². The molecule has 29 heavy (non-hydrogen) atoms. The predicted molar refractivity (Wildman–Crippen MR) is 112 cm³/mol. The van der Waals surface area contributed by atoms with E-state index in [1.807, 2.05) is 48.5 Å². The molecule has 1 aliphatic rings. The molecule has 1 atom stereocenters. The first-order valence-corrected chi connectivity index (χ1v) is 9.59. The second-order valence-electron chi connectivity index (χ2n) is 6.61. The minimum atomic E-state index is -0.313. The van der Waals surface area contributed by atoms with Crippen LogP contribution in [0.15, 0.2) is 67.0 Å². The zero-order chi connectivity index (χ0) is 20.2. The number of ether oxygens (including phenoxy) is 2. The number of halogens is 1. The largest absolute Gasteiger partial charge is 0.486 e. The van der Waals surface area contributed by atoms with Gasteiger partial charge in [-0.3, -0.25) is 4.98 Å². The Balaban J connectivity index is 1.63. The van der Waals surface area contributed by atoms with Gasteiger partial charge in [-0.2, -0.15) is 0 Å². The van der Waals surface area contributed by atoms with E-state index in [4.69, 9.17) is 21.1 Å². The van der Waals surface area contributed by atoms with Crippen LogP contribution in [0.3, 0.4) is 0 Å². The van der Waals surface area contributed by atoms with Crippen molar-refractivity contribution < 1.29 is 14.3 Å². The summed E-state index contributed by atoms with van der Waals surface area (Å²) in [5, 5.41) is 3.58. The molecule has 2 heterocycles. The maximum Gasteiger partial charge on any atom is 0.322 e.